The molecule has 19 heavy (non-hydrogen) atoms. The van der Waals surface area contributed by atoms with Crippen LogP contribution in [-0.2, 0) is 4.79 Å². The lowest BCUT2D eigenvalue weighted by Gasteiger charge is -2.27. The summed E-state index contributed by atoms with van der Waals surface area (Å²) in [5, 5.41) is 0. The summed E-state index contributed by atoms with van der Waals surface area (Å²) in [6.07, 6.45) is 6.15. The van der Waals surface area contributed by atoms with Crippen molar-refractivity contribution in [3.8, 4) is 0 Å². The summed E-state index contributed by atoms with van der Waals surface area (Å²) in [7, 11) is 1.94. The van der Waals surface area contributed by atoms with Gasteiger partial charge in [0, 0.05) is 19.5 Å². The van der Waals surface area contributed by atoms with Crippen LogP contribution in [0.3, 0.4) is 0 Å². The molecule has 0 fully saturated rings. The average Bonchev–Trinajstić information content (AvgIpc) is 2.34. The Morgan fingerprint density at radius 3 is 2.26 bits per heavy atom. The molecule has 3 heteroatoms. The van der Waals surface area contributed by atoms with Gasteiger partial charge in [0.25, 0.3) is 0 Å². The van der Waals surface area contributed by atoms with Gasteiger partial charge in [-0.25, -0.2) is 0 Å². The van der Waals surface area contributed by atoms with Crippen LogP contribution in [0.4, 0.5) is 0 Å². The third-order valence-corrected chi connectivity index (χ3v) is 3.91. The van der Waals surface area contributed by atoms with Gasteiger partial charge in [0.05, 0.1) is 0 Å². The van der Waals surface area contributed by atoms with Gasteiger partial charge in [-0.05, 0) is 44.6 Å². The Morgan fingerprint density at radius 1 is 1.16 bits per heavy atom. The van der Waals surface area contributed by atoms with Crippen molar-refractivity contribution < 1.29 is 4.79 Å². The number of nitrogens with zero attached hydrogens (tertiary/aromatic N) is 1. The van der Waals surface area contributed by atoms with E-state index in [1.807, 2.05) is 11.9 Å². The molecule has 0 spiro atoms. The van der Waals surface area contributed by atoms with Crippen LogP contribution in [-0.4, -0.2) is 30.4 Å². The van der Waals surface area contributed by atoms with Crippen LogP contribution in [0.1, 0.15) is 66.2 Å². The summed E-state index contributed by atoms with van der Waals surface area (Å²) in [5.74, 6) is 1.54. The molecule has 0 aliphatic rings. The van der Waals surface area contributed by atoms with E-state index >= 15 is 0 Å². The molecular formula is C16H34N2O. The van der Waals surface area contributed by atoms with Gasteiger partial charge in [0.2, 0.25) is 5.91 Å². The number of amides is 1. The molecule has 0 bridgehead atoms. The highest BCUT2D eigenvalue weighted by Crippen LogP contribution is 2.18. The maximum atomic E-state index is 12.2. The van der Waals surface area contributed by atoms with Crippen LogP contribution < -0.4 is 5.73 Å². The monoisotopic (exact) mass is 270 g/mol. The van der Waals surface area contributed by atoms with Gasteiger partial charge in [-0.15, -0.1) is 0 Å². The Balaban J connectivity index is 4.12. The van der Waals surface area contributed by atoms with Gasteiger partial charge in [-0.3, -0.25) is 4.79 Å². The van der Waals surface area contributed by atoms with Crippen molar-refractivity contribution in [2.75, 3.05) is 13.6 Å². The minimum absolute atomic E-state index is 0.284. The standard InChI is InChI=1S/C16H34N2O/c1-6-7-15(10-11-17)8-9-16(19)18(5)14(4)12-13(2)3/h13-15H,6-12,17H2,1-5H3. The Bertz CT molecular complexity index is 235. The fourth-order valence-electron chi connectivity index (χ4n) is 2.67. The first-order valence-corrected chi connectivity index (χ1v) is 7.88. The van der Waals surface area contributed by atoms with E-state index in [0.717, 1.165) is 25.8 Å². The van der Waals surface area contributed by atoms with Crippen molar-refractivity contribution in [3.63, 3.8) is 0 Å². The molecule has 3 nitrogen and oxygen atoms in total. The number of hydrogen-bond acceptors (Lipinski definition) is 2. The number of carbonyl (C=O) groups is 1. The predicted molar refractivity (Wildman–Crippen MR) is 83.0 cm³/mol. The Morgan fingerprint density at radius 2 is 1.79 bits per heavy atom. The maximum Gasteiger partial charge on any atom is 0.222 e. The van der Waals surface area contributed by atoms with Gasteiger partial charge < -0.3 is 10.6 Å². The lowest BCUT2D eigenvalue weighted by atomic mass is 9.94. The SMILES string of the molecule is CCCC(CCN)CCC(=O)N(C)C(C)CC(C)C. The molecule has 114 valence electrons. The third-order valence-electron chi connectivity index (χ3n) is 3.91. The number of rotatable bonds is 10. The highest BCUT2D eigenvalue weighted by Gasteiger charge is 2.18. The molecule has 2 unspecified atom stereocenters. The number of nitrogens with two attached hydrogens (primary N) is 1. The molecule has 0 saturated heterocycles. The van der Waals surface area contributed by atoms with Crippen LogP contribution in [0.2, 0.25) is 0 Å². The predicted octanol–water partition coefficient (Wildman–Crippen LogP) is 3.42. The van der Waals surface area contributed by atoms with Crippen molar-refractivity contribution in [1.29, 1.82) is 0 Å². The van der Waals surface area contributed by atoms with E-state index < -0.39 is 0 Å². The van der Waals surface area contributed by atoms with E-state index in [0.29, 0.717) is 24.3 Å². The van der Waals surface area contributed by atoms with Crippen LogP contribution >= 0.6 is 0 Å². The molecule has 0 aromatic heterocycles. The molecule has 0 radical (unpaired) electrons. The van der Waals surface area contributed by atoms with E-state index in [1.165, 1.54) is 12.8 Å². The van der Waals surface area contributed by atoms with Crippen LogP contribution in [0.5, 0.6) is 0 Å². The fourth-order valence-corrected chi connectivity index (χ4v) is 2.67. The minimum atomic E-state index is 0.284. The van der Waals surface area contributed by atoms with Crippen molar-refractivity contribution >= 4 is 5.91 Å². The topological polar surface area (TPSA) is 46.3 Å². The Hall–Kier alpha value is -0.570. The van der Waals surface area contributed by atoms with Crippen LogP contribution in [0, 0.1) is 11.8 Å². The lowest BCUT2D eigenvalue weighted by Crippen LogP contribution is -2.36. The third kappa shape index (κ3) is 8.25. The highest BCUT2D eigenvalue weighted by molar-refractivity contribution is 5.76. The molecule has 2 N–H and O–H groups in total. The second-order valence-corrected chi connectivity index (χ2v) is 6.25. The zero-order valence-electron chi connectivity index (χ0n) is 13.6. The first kappa shape index (κ1) is 18.4. The van der Waals surface area contributed by atoms with E-state index in [2.05, 4.69) is 27.7 Å². The maximum absolute atomic E-state index is 12.2. The molecule has 0 rings (SSSR count). The molecule has 0 heterocycles. The molecule has 0 aliphatic heterocycles. The second-order valence-electron chi connectivity index (χ2n) is 6.25. The molecule has 0 saturated carbocycles. The van der Waals surface area contributed by atoms with Crippen molar-refractivity contribution in [2.45, 2.75) is 72.3 Å². The molecule has 0 aromatic carbocycles. The second kappa shape index (κ2) is 10.2. The number of hydrogen-bond donors (Lipinski definition) is 1. The number of carbonyl (C=O) groups excluding carboxylic acids is 1. The molecule has 2 atom stereocenters. The van der Waals surface area contributed by atoms with Crippen molar-refractivity contribution in [2.24, 2.45) is 17.6 Å². The lowest BCUT2D eigenvalue weighted by molar-refractivity contribution is -0.132. The smallest absolute Gasteiger partial charge is 0.222 e. The zero-order chi connectivity index (χ0) is 14.8. The largest absolute Gasteiger partial charge is 0.343 e. The normalized spacial score (nSPS) is 14.5. The highest BCUT2D eigenvalue weighted by atomic mass is 16.2. The Labute approximate surface area is 119 Å². The van der Waals surface area contributed by atoms with Crippen molar-refractivity contribution in [3.05, 3.63) is 0 Å². The minimum Gasteiger partial charge on any atom is -0.343 e. The van der Waals surface area contributed by atoms with E-state index in [1.54, 1.807) is 0 Å². The molecule has 0 aromatic rings. The molecular weight excluding hydrogens is 236 g/mol. The van der Waals surface area contributed by atoms with Gasteiger partial charge in [0.1, 0.15) is 0 Å². The summed E-state index contributed by atoms with van der Waals surface area (Å²) in [4.78, 5) is 14.1. The zero-order valence-corrected chi connectivity index (χ0v) is 13.6. The quantitative estimate of drug-likeness (QED) is 0.661. The van der Waals surface area contributed by atoms with Gasteiger partial charge in [-0.1, -0.05) is 33.6 Å². The summed E-state index contributed by atoms with van der Waals surface area (Å²) in [6.45, 7) is 9.47. The van der Waals surface area contributed by atoms with Gasteiger partial charge in [0.15, 0.2) is 0 Å². The van der Waals surface area contributed by atoms with Crippen LogP contribution in [0.15, 0.2) is 0 Å². The van der Waals surface area contributed by atoms with Crippen molar-refractivity contribution in [1.82, 2.24) is 4.90 Å². The average molecular weight is 270 g/mol. The van der Waals surface area contributed by atoms with Gasteiger partial charge >= 0.3 is 0 Å². The fraction of sp³-hybridized carbons (Fsp3) is 0.938. The summed E-state index contributed by atoms with van der Waals surface area (Å²) in [6, 6.07) is 0.339. The van der Waals surface area contributed by atoms with Gasteiger partial charge in [-0.2, -0.15) is 0 Å². The van der Waals surface area contributed by atoms with E-state index in [4.69, 9.17) is 5.73 Å². The van der Waals surface area contributed by atoms with E-state index in [9.17, 15) is 4.79 Å². The van der Waals surface area contributed by atoms with Crippen LogP contribution in [0.25, 0.3) is 0 Å². The molecule has 1 amide bonds. The first-order valence-electron chi connectivity index (χ1n) is 7.88. The summed E-state index contributed by atoms with van der Waals surface area (Å²) >= 11 is 0. The van der Waals surface area contributed by atoms with E-state index in [-0.39, 0.29) is 5.91 Å². The molecule has 0 aliphatic carbocycles. The first-order chi connectivity index (χ1) is 8.92. The Kier molecular flexibility index (Phi) is 9.94. The summed E-state index contributed by atoms with van der Waals surface area (Å²) < 4.78 is 0. The summed E-state index contributed by atoms with van der Waals surface area (Å²) in [5.41, 5.74) is 5.63.